The minimum Gasteiger partial charge on any atom is -0.388 e. The van der Waals surface area contributed by atoms with Gasteiger partial charge in [0.05, 0.1) is 5.60 Å². The molecule has 2 N–H and O–H groups in total. The highest BCUT2D eigenvalue weighted by Gasteiger charge is 2.38. The number of β-amino-alcohol motifs (C(OH)–C–C–N with tert-alkyl or cyclic N) is 1. The molecule has 150 valence electrons. The van der Waals surface area contributed by atoms with Crippen molar-refractivity contribution in [2.24, 2.45) is 0 Å². The number of hydrogen-bond donors (Lipinski definition) is 2. The van der Waals surface area contributed by atoms with E-state index in [-0.39, 0.29) is 37.4 Å². The summed E-state index contributed by atoms with van der Waals surface area (Å²) in [6.45, 7) is 3.45. The van der Waals surface area contributed by atoms with Crippen molar-refractivity contribution in [3.63, 3.8) is 0 Å². The summed E-state index contributed by atoms with van der Waals surface area (Å²) in [4.78, 5) is 30.8. The van der Waals surface area contributed by atoms with E-state index in [9.17, 15) is 23.5 Å². The van der Waals surface area contributed by atoms with Crippen molar-refractivity contribution < 1.29 is 18.7 Å². The largest absolute Gasteiger partial charge is 0.388 e. The van der Waals surface area contributed by atoms with Crippen LogP contribution in [0.15, 0.2) is 16.9 Å². The number of halogens is 2. The van der Waals surface area contributed by atoms with Gasteiger partial charge in [-0.1, -0.05) is 0 Å². The van der Waals surface area contributed by atoms with E-state index < -0.39 is 17.1 Å². The minimum atomic E-state index is -2.60. The Labute approximate surface area is 157 Å². The summed E-state index contributed by atoms with van der Waals surface area (Å²) in [6.07, 6.45) is 1.13. The lowest BCUT2D eigenvalue weighted by Crippen LogP contribution is -2.48. The summed E-state index contributed by atoms with van der Waals surface area (Å²) in [7, 11) is 0. The van der Waals surface area contributed by atoms with Crippen molar-refractivity contribution in [2.75, 3.05) is 32.7 Å². The molecule has 1 aromatic rings. The molecule has 0 radical (unpaired) electrons. The van der Waals surface area contributed by atoms with Crippen molar-refractivity contribution in [3.8, 4) is 0 Å². The first-order valence-corrected chi connectivity index (χ1v) is 9.49. The van der Waals surface area contributed by atoms with Crippen molar-refractivity contribution in [1.82, 2.24) is 14.8 Å². The molecule has 6 nitrogen and oxygen atoms in total. The number of hydrogen-bond acceptors (Lipinski definition) is 4. The van der Waals surface area contributed by atoms with E-state index in [4.69, 9.17) is 0 Å². The fraction of sp³-hybridized carbons (Fsp3) is 0.684. The zero-order valence-electron chi connectivity index (χ0n) is 15.6. The van der Waals surface area contributed by atoms with E-state index in [0.717, 1.165) is 0 Å². The third kappa shape index (κ3) is 4.93. The van der Waals surface area contributed by atoms with Gasteiger partial charge in [-0.05, 0) is 38.3 Å². The molecule has 0 unspecified atom stereocenters. The Hall–Kier alpha value is -1.80. The number of H-pyrrole nitrogens is 1. The Balaban J connectivity index is 1.61. The first-order chi connectivity index (χ1) is 12.7. The lowest BCUT2D eigenvalue weighted by molar-refractivity contribution is -0.0768. The first-order valence-electron chi connectivity index (χ1n) is 9.49. The molecule has 0 aromatic carbocycles. The Kier molecular flexibility index (Phi) is 5.67. The van der Waals surface area contributed by atoms with Gasteiger partial charge in [0.1, 0.15) is 5.56 Å². The molecule has 8 heteroatoms. The van der Waals surface area contributed by atoms with Crippen LogP contribution in [0, 0.1) is 6.92 Å². The van der Waals surface area contributed by atoms with Gasteiger partial charge in [-0.25, -0.2) is 8.78 Å². The number of rotatable bonds is 3. The van der Waals surface area contributed by atoms with Crippen molar-refractivity contribution in [3.05, 3.63) is 33.7 Å². The Morgan fingerprint density at radius 3 is 2.52 bits per heavy atom. The molecule has 0 spiro atoms. The smallest absolute Gasteiger partial charge is 0.260 e. The van der Waals surface area contributed by atoms with Gasteiger partial charge in [0.15, 0.2) is 0 Å². The molecule has 0 aliphatic carbocycles. The van der Waals surface area contributed by atoms with Gasteiger partial charge in [-0.15, -0.1) is 0 Å². The molecule has 1 aromatic heterocycles. The van der Waals surface area contributed by atoms with E-state index in [1.54, 1.807) is 17.9 Å². The van der Waals surface area contributed by atoms with Crippen LogP contribution in [0.5, 0.6) is 0 Å². The van der Waals surface area contributed by atoms with Crippen LogP contribution < -0.4 is 5.56 Å². The van der Waals surface area contributed by atoms with Crippen LogP contribution in [-0.2, 0) is 0 Å². The summed E-state index contributed by atoms with van der Waals surface area (Å²) in [5, 5.41) is 11.0. The average Bonchev–Trinajstić information content (AvgIpc) is 2.78. The van der Waals surface area contributed by atoms with Crippen LogP contribution in [0.2, 0.25) is 0 Å². The first kappa shape index (κ1) is 19.9. The number of piperidine rings is 1. The number of aryl methyl sites for hydroxylation is 1. The molecular formula is C19H27F2N3O3. The summed E-state index contributed by atoms with van der Waals surface area (Å²) in [5.41, 5.74) is -0.617. The number of nitrogens with one attached hydrogen (secondary N) is 1. The molecule has 1 amide bonds. The Morgan fingerprint density at radius 2 is 1.85 bits per heavy atom. The highest BCUT2D eigenvalue weighted by Crippen LogP contribution is 2.30. The average molecular weight is 383 g/mol. The van der Waals surface area contributed by atoms with E-state index in [2.05, 4.69) is 4.98 Å². The number of carbonyl (C=O) groups is 1. The maximum atomic E-state index is 13.3. The lowest BCUT2D eigenvalue weighted by Gasteiger charge is -2.37. The summed E-state index contributed by atoms with van der Waals surface area (Å²) < 4.78 is 26.6. The van der Waals surface area contributed by atoms with Gasteiger partial charge in [-0.2, -0.15) is 0 Å². The molecule has 0 bridgehead atoms. The third-order valence-corrected chi connectivity index (χ3v) is 5.60. The van der Waals surface area contributed by atoms with Gasteiger partial charge < -0.3 is 19.9 Å². The number of aromatic amines is 1. The minimum absolute atomic E-state index is 0.101. The zero-order valence-corrected chi connectivity index (χ0v) is 15.6. The standard InChI is InChI=1S/C19H27F2N3O3/c1-14-3-4-15(16(25)22-14)17(26)24-9-2-5-18(27,6-12-24)13-23-10-7-19(20,21)8-11-23/h3-4,27H,2,5-13H2,1H3,(H,22,25)/t18-/m0/s1. The van der Waals surface area contributed by atoms with Crippen molar-refractivity contribution in [2.45, 2.75) is 50.6 Å². The van der Waals surface area contributed by atoms with E-state index in [1.165, 1.54) is 6.07 Å². The third-order valence-electron chi connectivity index (χ3n) is 5.60. The fourth-order valence-corrected chi connectivity index (χ4v) is 3.91. The Morgan fingerprint density at radius 1 is 1.15 bits per heavy atom. The molecule has 3 rings (SSSR count). The SMILES string of the molecule is Cc1ccc(C(=O)N2CCC[C@@](O)(CN3CCC(F)(F)CC3)CC2)c(=O)[nH]1. The predicted molar refractivity (Wildman–Crippen MR) is 97.1 cm³/mol. The van der Waals surface area contributed by atoms with E-state index in [1.807, 2.05) is 4.90 Å². The van der Waals surface area contributed by atoms with Gasteiger partial charge in [0.2, 0.25) is 0 Å². The normalized spacial score (nSPS) is 26.6. The molecule has 2 aliphatic heterocycles. The number of nitrogens with zero attached hydrogens (tertiary/aromatic N) is 2. The second-order valence-corrected chi connectivity index (χ2v) is 7.89. The van der Waals surface area contributed by atoms with E-state index >= 15 is 0 Å². The number of likely N-dealkylation sites (tertiary alicyclic amines) is 2. The van der Waals surface area contributed by atoms with Crippen molar-refractivity contribution >= 4 is 5.91 Å². The van der Waals surface area contributed by atoms with Crippen LogP contribution >= 0.6 is 0 Å². The predicted octanol–water partition coefficient (Wildman–Crippen LogP) is 1.77. The number of aliphatic hydroxyl groups is 1. The highest BCUT2D eigenvalue weighted by molar-refractivity contribution is 5.93. The molecule has 27 heavy (non-hydrogen) atoms. The quantitative estimate of drug-likeness (QED) is 0.834. The van der Waals surface area contributed by atoms with Crippen LogP contribution in [0.1, 0.15) is 48.2 Å². The molecule has 2 fully saturated rings. The molecule has 2 aliphatic rings. The van der Waals surface area contributed by atoms with Gasteiger partial charge >= 0.3 is 0 Å². The molecule has 0 saturated carbocycles. The molecule has 2 saturated heterocycles. The maximum Gasteiger partial charge on any atom is 0.260 e. The number of pyridine rings is 1. The van der Waals surface area contributed by atoms with E-state index in [0.29, 0.717) is 44.6 Å². The summed E-state index contributed by atoms with van der Waals surface area (Å²) >= 11 is 0. The van der Waals surface area contributed by atoms with Gasteiger partial charge in [0.25, 0.3) is 17.4 Å². The van der Waals surface area contributed by atoms with Gasteiger partial charge in [0, 0.05) is 51.3 Å². The second kappa shape index (κ2) is 7.67. The zero-order chi connectivity index (χ0) is 19.7. The molecular weight excluding hydrogens is 356 g/mol. The number of amides is 1. The second-order valence-electron chi connectivity index (χ2n) is 7.89. The number of alkyl halides is 2. The summed E-state index contributed by atoms with van der Waals surface area (Å²) in [6, 6.07) is 3.22. The van der Waals surface area contributed by atoms with Crippen LogP contribution in [0.3, 0.4) is 0 Å². The topological polar surface area (TPSA) is 76.6 Å². The number of aromatic nitrogens is 1. The van der Waals surface area contributed by atoms with Crippen molar-refractivity contribution in [1.29, 1.82) is 0 Å². The number of carbonyl (C=O) groups excluding carboxylic acids is 1. The van der Waals surface area contributed by atoms with Crippen LogP contribution in [0.4, 0.5) is 8.78 Å². The fourth-order valence-electron chi connectivity index (χ4n) is 3.91. The van der Waals surface area contributed by atoms with Crippen LogP contribution in [0.25, 0.3) is 0 Å². The van der Waals surface area contributed by atoms with Crippen LogP contribution in [-0.4, -0.2) is 70.0 Å². The maximum absolute atomic E-state index is 13.3. The summed E-state index contributed by atoms with van der Waals surface area (Å²) in [5.74, 6) is -2.94. The highest BCUT2D eigenvalue weighted by atomic mass is 19.3. The molecule has 1 atom stereocenters. The van der Waals surface area contributed by atoms with Gasteiger partial charge in [-0.3, -0.25) is 9.59 Å². The lowest BCUT2D eigenvalue weighted by atomic mass is 9.93. The monoisotopic (exact) mass is 383 g/mol. The molecule has 3 heterocycles. The Bertz CT molecular complexity index is 742.